The van der Waals surface area contributed by atoms with Crippen molar-refractivity contribution >= 4 is 29.4 Å². The Morgan fingerprint density at radius 1 is 1.16 bits per heavy atom. The summed E-state index contributed by atoms with van der Waals surface area (Å²) >= 11 is 1.87. The molecule has 2 N–H and O–H groups in total. The molecule has 0 bridgehead atoms. The van der Waals surface area contributed by atoms with Crippen LogP contribution in [0.15, 0.2) is 24.3 Å². The van der Waals surface area contributed by atoms with E-state index in [9.17, 15) is 9.59 Å². The minimum Gasteiger partial charge on any atom is -0.489 e. The first-order valence-electron chi connectivity index (χ1n) is 8.43. The second-order valence-corrected chi connectivity index (χ2v) is 8.54. The van der Waals surface area contributed by atoms with Crippen LogP contribution in [0.5, 0.6) is 5.75 Å². The van der Waals surface area contributed by atoms with Crippen LogP contribution in [0.1, 0.15) is 33.6 Å². The van der Waals surface area contributed by atoms with E-state index in [0.717, 1.165) is 17.3 Å². The lowest BCUT2D eigenvalue weighted by molar-refractivity contribution is -0.119. The van der Waals surface area contributed by atoms with E-state index in [1.807, 2.05) is 36.0 Å². The van der Waals surface area contributed by atoms with E-state index in [1.165, 1.54) is 0 Å². The topological polar surface area (TPSA) is 76.7 Å². The molecule has 7 heteroatoms. The van der Waals surface area contributed by atoms with Gasteiger partial charge in [0, 0.05) is 17.2 Å². The molecule has 1 heterocycles. The number of carbonyl (C=O) groups excluding carboxylic acids is 2. The Balaban J connectivity index is 1.53. The van der Waals surface area contributed by atoms with E-state index in [0.29, 0.717) is 24.6 Å². The van der Waals surface area contributed by atoms with Crippen molar-refractivity contribution < 1.29 is 19.1 Å². The fourth-order valence-corrected chi connectivity index (χ4v) is 2.94. The third-order valence-electron chi connectivity index (χ3n) is 3.95. The first-order chi connectivity index (χ1) is 11.8. The lowest BCUT2D eigenvalue weighted by atomic mass is 10.2. The quantitative estimate of drug-likeness (QED) is 0.839. The second-order valence-electron chi connectivity index (χ2n) is 7.46. The fourth-order valence-electron chi connectivity index (χ4n) is 2.37. The maximum atomic E-state index is 12.5. The Morgan fingerprint density at radius 3 is 2.28 bits per heavy atom. The summed E-state index contributed by atoms with van der Waals surface area (Å²) in [6.45, 7) is 5.37. The van der Waals surface area contributed by atoms with E-state index in [2.05, 4.69) is 10.6 Å². The maximum Gasteiger partial charge on any atom is 0.408 e. The molecule has 1 saturated carbocycles. The first-order valence-corrected chi connectivity index (χ1v) is 9.58. The smallest absolute Gasteiger partial charge is 0.408 e. The summed E-state index contributed by atoms with van der Waals surface area (Å²) in [4.78, 5) is 24.4. The number of thioether (sulfide) groups is 1. The molecular formula is C18H24N2O4S. The third-order valence-corrected chi connectivity index (χ3v) is 5.16. The lowest BCUT2D eigenvalue weighted by Gasteiger charge is -2.26. The molecule has 2 amide bonds. The summed E-state index contributed by atoms with van der Waals surface area (Å²) in [7, 11) is 0. The predicted molar refractivity (Wildman–Crippen MR) is 98.1 cm³/mol. The number of ether oxygens (including phenoxy) is 2. The number of carbonyl (C=O) groups is 2. The van der Waals surface area contributed by atoms with Crippen LogP contribution in [0, 0.1) is 0 Å². The molecule has 0 spiro atoms. The molecule has 25 heavy (non-hydrogen) atoms. The highest BCUT2D eigenvalue weighted by atomic mass is 32.2. The molecule has 2 fully saturated rings. The van der Waals surface area contributed by atoms with Crippen molar-refractivity contribution in [2.24, 2.45) is 0 Å². The van der Waals surface area contributed by atoms with Gasteiger partial charge in [-0.1, -0.05) is 0 Å². The van der Waals surface area contributed by atoms with Crippen molar-refractivity contribution in [1.82, 2.24) is 5.32 Å². The Kier molecular flexibility index (Phi) is 4.86. The zero-order valence-electron chi connectivity index (χ0n) is 14.8. The van der Waals surface area contributed by atoms with Crippen LogP contribution in [0.3, 0.4) is 0 Å². The largest absolute Gasteiger partial charge is 0.489 e. The van der Waals surface area contributed by atoms with Gasteiger partial charge in [0.2, 0.25) is 5.91 Å². The van der Waals surface area contributed by atoms with Gasteiger partial charge in [0.15, 0.2) is 0 Å². The molecule has 1 aliphatic heterocycles. The molecule has 1 aromatic rings. The lowest BCUT2D eigenvalue weighted by Crippen LogP contribution is -2.47. The highest BCUT2D eigenvalue weighted by Crippen LogP contribution is 2.37. The van der Waals surface area contributed by atoms with Crippen LogP contribution in [0.25, 0.3) is 0 Å². The normalized spacial score (nSPS) is 18.7. The van der Waals surface area contributed by atoms with Gasteiger partial charge in [-0.2, -0.15) is 11.8 Å². The molecule has 6 nitrogen and oxygen atoms in total. The SMILES string of the molecule is CC(C)(C)OC(=O)NC1(C(=O)Nc2ccc(OC3CSC3)cc2)CC1. The van der Waals surface area contributed by atoms with Crippen molar-refractivity contribution in [3.63, 3.8) is 0 Å². The number of amides is 2. The van der Waals surface area contributed by atoms with Gasteiger partial charge in [-0.05, 0) is 57.9 Å². The van der Waals surface area contributed by atoms with Crippen LogP contribution < -0.4 is 15.4 Å². The first kappa shape index (κ1) is 17.9. The van der Waals surface area contributed by atoms with Crippen molar-refractivity contribution in [1.29, 1.82) is 0 Å². The van der Waals surface area contributed by atoms with E-state index in [-0.39, 0.29) is 5.91 Å². The molecule has 0 atom stereocenters. The molecular weight excluding hydrogens is 340 g/mol. The highest BCUT2D eigenvalue weighted by molar-refractivity contribution is 8.00. The van der Waals surface area contributed by atoms with Crippen LogP contribution in [-0.4, -0.2) is 40.8 Å². The third kappa shape index (κ3) is 4.81. The summed E-state index contributed by atoms with van der Waals surface area (Å²) in [6, 6.07) is 7.31. The van der Waals surface area contributed by atoms with Crippen molar-refractivity contribution in [2.45, 2.75) is 50.9 Å². The van der Waals surface area contributed by atoms with Crippen molar-refractivity contribution in [3.05, 3.63) is 24.3 Å². The van der Waals surface area contributed by atoms with Crippen molar-refractivity contribution in [3.8, 4) is 5.75 Å². The van der Waals surface area contributed by atoms with Crippen LogP contribution in [0.2, 0.25) is 0 Å². The Bertz CT molecular complexity index is 646. The fraction of sp³-hybridized carbons (Fsp3) is 0.556. The van der Waals surface area contributed by atoms with Gasteiger partial charge in [-0.25, -0.2) is 4.79 Å². The van der Waals surface area contributed by atoms with E-state index in [4.69, 9.17) is 9.47 Å². The van der Waals surface area contributed by atoms with Crippen LogP contribution in [0.4, 0.5) is 10.5 Å². The molecule has 0 unspecified atom stereocenters. The van der Waals surface area contributed by atoms with Gasteiger partial charge >= 0.3 is 6.09 Å². The van der Waals surface area contributed by atoms with Crippen molar-refractivity contribution in [2.75, 3.05) is 16.8 Å². The maximum absolute atomic E-state index is 12.5. The minimum absolute atomic E-state index is 0.220. The molecule has 3 rings (SSSR count). The Hall–Kier alpha value is -1.89. The molecule has 0 aromatic heterocycles. The summed E-state index contributed by atoms with van der Waals surface area (Å²) in [5.74, 6) is 2.63. The number of benzene rings is 1. The average molecular weight is 364 g/mol. The molecule has 1 aromatic carbocycles. The molecule has 1 aliphatic carbocycles. The van der Waals surface area contributed by atoms with E-state index >= 15 is 0 Å². The molecule has 1 saturated heterocycles. The van der Waals surface area contributed by atoms with Crippen LogP contribution >= 0.6 is 11.8 Å². The number of rotatable bonds is 5. The molecule has 136 valence electrons. The number of nitrogens with one attached hydrogen (secondary N) is 2. The van der Waals surface area contributed by atoms with Gasteiger partial charge in [0.1, 0.15) is 23.0 Å². The van der Waals surface area contributed by atoms with Crippen LogP contribution in [-0.2, 0) is 9.53 Å². The van der Waals surface area contributed by atoms with Gasteiger partial charge in [0.05, 0.1) is 0 Å². The average Bonchev–Trinajstić information content (AvgIpc) is 3.23. The number of hydrogen-bond donors (Lipinski definition) is 2. The predicted octanol–water partition coefficient (Wildman–Crippen LogP) is 3.18. The summed E-state index contributed by atoms with van der Waals surface area (Å²) in [5, 5.41) is 5.55. The Morgan fingerprint density at radius 2 is 1.80 bits per heavy atom. The molecule has 2 aliphatic rings. The standard InChI is InChI=1S/C18H24N2O4S/c1-17(2,3)24-16(22)20-18(8-9-18)15(21)19-12-4-6-13(7-5-12)23-14-10-25-11-14/h4-7,14H,8-11H2,1-3H3,(H,19,21)(H,20,22). The molecule has 0 radical (unpaired) electrons. The monoisotopic (exact) mass is 364 g/mol. The minimum atomic E-state index is -0.860. The van der Waals surface area contributed by atoms with Gasteiger partial charge in [0.25, 0.3) is 0 Å². The number of hydrogen-bond acceptors (Lipinski definition) is 5. The van der Waals surface area contributed by atoms with Gasteiger partial charge < -0.3 is 20.1 Å². The summed E-state index contributed by atoms with van der Waals surface area (Å²) in [5.41, 5.74) is -0.774. The second kappa shape index (κ2) is 6.78. The number of anilines is 1. The Labute approximate surface area is 152 Å². The number of alkyl carbamates (subject to hydrolysis) is 1. The van der Waals surface area contributed by atoms with E-state index in [1.54, 1.807) is 20.8 Å². The van der Waals surface area contributed by atoms with Gasteiger partial charge in [-0.15, -0.1) is 0 Å². The van der Waals surface area contributed by atoms with Gasteiger partial charge in [-0.3, -0.25) is 4.79 Å². The summed E-state index contributed by atoms with van der Waals surface area (Å²) < 4.78 is 11.0. The van der Waals surface area contributed by atoms with E-state index < -0.39 is 17.2 Å². The highest BCUT2D eigenvalue weighted by Gasteiger charge is 2.52. The summed E-state index contributed by atoms with van der Waals surface area (Å²) in [6.07, 6.45) is 0.942. The zero-order chi connectivity index (χ0) is 18.1. The zero-order valence-corrected chi connectivity index (χ0v) is 15.6.